The minimum atomic E-state index is -0.177. The molecule has 6 nitrogen and oxygen atoms in total. The maximum atomic E-state index is 11.9. The molecule has 0 atom stereocenters. The van der Waals surface area contributed by atoms with Gasteiger partial charge in [0, 0.05) is 19.0 Å². The maximum Gasteiger partial charge on any atom is 0.315 e. The van der Waals surface area contributed by atoms with Crippen molar-refractivity contribution in [1.82, 2.24) is 10.6 Å². The van der Waals surface area contributed by atoms with Crippen molar-refractivity contribution in [3.8, 4) is 5.75 Å². The van der Waals surface area contributed by atoms with E-state index in [4.69, 9.17) is 0 Å². The van der Waals surface area contributed by atoms with Crippen LogP contribution in [0.5, 0.6) is 5.75 Å². The lowest BCUT2D eigenvalue weighted by Crippen LogP contribution is -2.43. The van der Waals surface area contributed by atoms with Gasteiger partial charge in [0.05, 0.1) is 5.69 Å². The van der Waals surface area contributed by atoms with Crippen LogP contribution in [-0.4, -0.2) is 29.6 Å². The number of amides is 3. The topological polar surface area (TPSA) is 90.5 Å². The van der Waals surface area contributed by atoms with Gasteiger partial charge in [0.1, 0.15) is 5.75 Å². The van der Waals surface area contributed by atoms with Gasteiger partial charge in [-0.2, -0.15) is 0 Å². The molecule has 0 unspecified atom stereocenters. The number of aryl methyl sites for hydroxylation is 1. The van der Waals surface area contributed by atoms with Crippen molar-refractivity contribution >= 4 is 17.6 Å². The van der Waals surface area contributed by atoms with Crippen LogP contribution < -0.4 is 16.0 Å². The van der Waals surface area contributed by atoms with Gasteiger partial charge < -0.3 is 21.1 Å². The number of benzene rings is 1. The molecule has 1 aliphatic rings. The van der Waals surface area contributed by atoms with Crippen LogP contribution in [0.4, 0.5) is 10.5 Å². The highest BCUT2D eigenvalue weighted by Crippen LogP contribution is 2.24. The highest BCUT2D eigenvalue weighted by molar-refractivity contribution is 5.92. The van der Waals surface area contributed by atoms with E-state index in [9.17, 15) is 14.7 Å². The molecule has 1 aliphatic carbocycles. The first kappa shape index (κ1) is 18.1. The Kier molecular flexibility index (Phi) is 6.90. The van der Waals surface area contributed by atoms with Gasteiger partial charge in [0.15, 0.2) is 0 Å². The molecule has 3 amide bonds. The first-order valence-electron chi connectivity index (χ1n) is 8.68. The van der Waals surface area contributed by atoms with Crippen molar-refractivity contribution in [3.05, 3.63) is 23.8 Å². The SMILES string of the molecule is Cc1ccc(NC(=O)CCCNC(=O)NC2CCCCC2)c(O)c1. The van der Waals surface area contributed by atoms with Gasteiger partial charge >= 0.3 is 6.03 Å². The summed E-state index contributed by atoms with van der Waals surface area (Å²) in [4.78, 5) is 23.6. The van der Waals surface area contributed by atoms with E-state index < -0.39 is 0 Å². The summed E-state index contributed by atoms with van der Waals surface area (Å²) in [5.41, 5.74) is 1.34. The van der Waals surface area contributed by atoms with Crippen LogP contribution >= 0.6 is 0 Å². The van der Waals surface area contributed by atoms with E-state index in [-0.39, 0.29) is 30.2 Å². The average Bonchev–Trinajstić information content (AvgIpc) is 2.55. The zero-order valence-electron chi connectivity index (χ0n) is 14.2. The number of phenols is 1. The Morgan fingerprint density at radius 1 is 1.21 bits per heavy atom. The zero-order chi connectivity index (χ0) is 17.4. The molecule has 1 saturated carbocycles. The number of carbonyl (C=O) groups is 2. The third-order valence-electron chi connectivity index (χ3n) is 4.23. The minimum Gasteiger partial charge on any atom is -0.506 e. The number of phenolic OH excluding ortho intramolecular Hbond substituents is 1. The van der Waals surface area contributed by atoms with Gasteiger partial charge in [-0.1, -0.05) is 25.3 Å². The van der Waals surface area contributed by atoms with Crippen LogP contribution in [0.25, 0.3) is 0 Å². The number of urea groups is 1. The largest absolute Gasteiger partial charge is 0.506 e. The first-order valence-corrected chi connectivity index (χ1v) is 8.68. The summed E-state index contributed by atoms with van der Waals surface area (Å²) < 4.78 is 0. The molecule has 0 radical (unpaired) electrons. The lowest BCUT2D eigenvalue weighted by atomic mass is 9.96. The van der Waals surface area contributed by atoms with Crippen LogP contribution in [0.15, 0.2) is 18.2 Å². The van der Waals surface area contributed by atoms with Gasteiger partial charge in [-0.3, -0.25) is 4.79 Å². The van der Waals surface area contributed by atoms with E-state index in [1.807, 2.05) is 13.0 Å². The van der Waals surface area contributed by atoms with Gasteiger partial charge in [-0.05, 0) is 43.9 Å². The van der Waals surface area contributed by atoms with Crippen LogP contribution in [-0.2, 0) is 4.79 Å². The smallest absolute Gasteiger partial charge is 0.315 e. The molecule has 6 heteroatoms. The molecule has 0 saturated heterocycles. The number of hydrogen-bond acceptors (Lipinski definition) is 3. The van der Waals surface area contributed by atoms with Crippen molar-refractivity contribution in [1.29, 1.82) is 0 Å². The molecule has 1 fully saturated rings. The first-order chi connectivity index (χ1) is 11.5. The molecule has 2 rings (SSSR count). The van der Waals surface area contributed by atoms with Gasteiger partial charge in [-0.15, -0.1) is 0 Å². The third kappa shape index (κ3) is 6.10. The second-order valence-corrected chi connectivity index (χ2v) is 6.41. The van der Waals surface area contributed by atoms with Crippen LogP contribution in [0.3, 0.4) is 0 Å². The van der Waals surface area contributed by atoms with Crippen LogP contribution in [0.1, 0.15) is 50.5 Å². The number of rotatable bonds is 6. The van der Waals surface area contributed by atoms with E-state index in [0.717, 1.165) is 18.4 Å². The summed E-state index contributed by atoms with van der Waals surface area (Å²) in [5.74, 6) is -0.114. The number of hydrogen-bond donors (Lipinski definition) is 4. The monoisotopic (exact) mass is 333 g/mol. The molecule has 0 spiro atoms. The molecule has 1 aromatic rings. The summed E-state index contributed by atoms with van der Waals surface area (Å²) in [6.07, 6.45) is 6.55. The fourth-order valence-corrected chi connectivity index (χ4v) is 2.89. The van der Waals surface area contributed by atoms with Crippen molar-refractivity contribution in [2.45, 2.75) is 57.9 Å². The fraction of sp³-hybridized carbons (Fsp3) is 0.556. The van der Waals surface area contributed by atoms with Crippen molar-refractivity contribution in [3.63, 3.8) is 0 Å². The second-order valence-electron chi connectivity index (χ2n) is 6.41. The van der Waals surface area contributed by atoms with E-state index >= 15 is 0 Å². The molecule has 0 aromatic heterocycles. The summed E-state index contributed by atoms with van der Waals surface area (Å²) in [6.45, 7) is 2.32. The lowest BCUT2D eigenvalue weighted by molar-refractivity contribution is -0.116. The molecule has 0 heterocycles. The van der Waals surface area contributed by atoms with E-state index in [1.54, 1.807) is 12.1 Å². The fourth-order valence-electron chi connectivity index (χ4n) is 2.89. The molecular weight excluding hydrogens is 306 g/mol. The number of anilines is 1. The number of aromatic hydroxyl groups is 1. The molecule has 132 valence electrons. The van der Waals surface area contributed by atoms with Crippen LogP contribution in [0, 0.1) is 6.92 Å². The Labute approximate surface area is 143 Å². The maximum absolute atomic E-state index is 11.9. The Morgan fingerprint density at radius 3 is 2.67 bits per heavy atom. The average molecular weight is 333 g/mol. The molecule has 1 aromatic carbocycles. The van der Waals surface area contributed by atoms with Crippen LogP contribution in [0.2, 0.25) is 0 Å². The Bertz CT molecular complexity index is 569. The molecule has 24 heavy (non-hydrogen) atoms. The highest BCUT2D eigenvalue weighted by Gasteiger charge is 2.15. The third-order valence-corrected chi connectivity index (χ3v) is 4.23. The molecule has 0 bridgehead atoms. The summed E-state index contributed by atoms with van der Waals surface area (Å²) in [6, 6.07) is 5.24. The second kappa shape index (κ2) is 9.15. The van der Waals surface area contributed by atoms with E-state index in [2.05, 4.69) is 16.0 Å². The molecule has 4 N–H and O–H groups in total. The normalized spacial score (nSPS) is 14.9. The van der Waals surface area contributed by atoms with Crippen molar-refractivity contribution < 1.29 is 14.7 Å². The Balaban J connectivity index is 1.61. The molecular formula is C18H27N3O3. The van der Waals surface area contributed by atoms with Gasteiger partial charge in [0.2, 0.25) is 5.91 Å². The summed E-state index contributed by atoms with van der Waals surface area (Å²) >= 11 is 0. The predicted molar refractivity (Wildman–Crippen MR) is 94.1 cm³/mol. The highest BCUT2D eigenvalue weighted by atomic mass is 16.3. The van der Waals surface area contributed by atoms with E-state index in [1.165, 1.54) is 19.3 Å². The molecule has 0 aliphatic heterocycles. The predicted octanol–water partition coefficient (Wildman–Crippen LogP) is 3.05. The zero-order valence-corrected chi connectivity index (χ0v) is 14.2. The quantitative estimate of drug-likeness (QED) is 0.476. The number of nitrogens with one attached hydrogen (secondary N) is 3. The Hall–Kier alpha value is -2.24. The minimum absolute atomic E-state index is 0.0633. The van der Waals surface area contributed by atoms with E-state index in [0.29, 0.717) is 18.7 Å². The number of carbonyl (C=O) groups excluding carboxylic acids is 2. The van der Waals surface area contributed by atoms with Crippen molar-refractivity contribution in [2.24, 2.45) is 0 Å². The van der Waals surface area contributed by atoms with Gasteiger partial charge in [-0.25, -0.2) is 4.79 Å². The standard InChI is InChI=1S/C18H27N3O3/c1-13-9-10-15(16(22)12-13)21-17(23)8-5-11-19-18(24)20-14-6-3-2-4-7-14/h9-10,12,14,22H,2-8,11H2,1H3,(H,21,23)(H2,19,20,24). The lowest BCUT2D eigenvalue weighted by Gasteiger charge is -2.22. The Morgan fingerprint density at radius 2 is 1.96 bits per heavy atom. The summed E-state index contributed by atoms with van der Waals surface area (Å²) in [7, 11) is 0. The van der Waals surface area contributed by atoms with Crippen molar-refractivity contribution in [2.75, 3.05) is 11.9 Å². The van der Waals surface area contributed by atoms with Gasteiger partial charge in [0.25, 0.3) is 0 Å². The summed E-state index contributed by atoms with van der Waals surface area (Å²) in [5, 5.41) is 18.2.